The largest absolute Gasteiger partial charge is 0.317 e. The van der Waals surface area contributed by atoms with Crippen molar-refractivity contribution in [2.45, 2.75) is 66.3 Å². The Morgan fingerprint density at radius 1 is 1.25 bits per heavy atom. The molecule has 0 aromatic carbocycles. The summed E-state index contributed by atoms with van der Waals surface area (Å²) in [6.07, 6.45) is 5.16. The van der Waals surface area contributed by atoms with Crippen molar-refractivity contribution in [1.82, 2.24) is 10.3 Å². The summed E-state index contributed by atoms with van der Waals surface area (Å²) in [7, 11) is 2.12. The number of aromatic nitrogens is 1. The molecule has 2 nitrogen and oxygen atoms in total. The molecule has 3 atom stereocenters. The van der Waals surface area contributed by atoms with E-state index in [1.54, 1.807) is 0 Å². The molecular formula is C17H30N2S. The van der Waals surface area contributed by atoms with Gasteiger partial charge in [0.05, 0.1) is 10.7 Å². The van der Waals surface area contributed by atoms with Crippen LogP contribution in [0.3, 0.4) is 0 Å². The average molecular weight is 295 g/mol. The summed E-state index contributed by atoms with van der Waals surface area (Å²) in [5, 5.41) is 4.88. The molecule has 1 aliphatic carbocycles. The van der Waals surface area contributed by atoms with Gasteiger partial charge in [0, 0.05) is 17.3 Å². The molecule has 2 rings (SSSR count). The van der Waals surface area contributed by atoms with Crippen molar-refractivity contribution in [2.75, 3.05) is 7.05 Å². The van der Waals surface area contributed by atoms with Crippen LogP contribution in [0, 0.1) is 31.1 Å². The van der Waals surface area contributed by atoms with Crippen molar-refractivity contribution in [2.24, 2.45) is 17.3 Å². The minimum atomic E-state index is 0.436. The minimum absolute atomic E-state index is 0.436. The predicted molar refractivity (Wildman–Crippen MR) is 88.4 cm³/mol. The van der Waals surface area contributed by atoms with E-state index >= 15 is 0 Å². The zero-order valence-electron chi connectivity index (χ0n) is 13.9. The van der Waals surface area contributed by atoms with Gasteiger partial charge in [0.1, 0.15) is 0 Å². The monoisotopic (exact) mass is 294 g/mol. The molecule has 1 aromatic rings. The normalized spacial score (nSPS) is 27.8. The molecule has 0 bridgehead atoms. The predicted octanol–water partition coefficient (Wildman–Crippen LogP) is 4.35. The van der Waals surface area contributed by atoms with E-state index in [4.69, 9.17) is 4.98 Å². The first-order valence-corrected chi connectivity index (χ1v) is 8.73. The zero-order chi connectivity index (χ0) is 14.9. The van der Waals surface area contributed by atoms with E-state index in [2.05, 4.69) is 47.0 Å². The smallest absolute Gasteiger partial charge is 0.0934 e. The highest BCUT2D eigenvalue weighted by Gasteiger charge is 2.35. The molecule has 0 radical (unpaired) electrons. The fourth-order valence-corrected chi connectivity index (χ4v) is 4.53. The van der Waals surface area contributed by atoms with Gasteiger partial charge in [0.15, 0.2) is 0 Å². The number of nitrogens with zero attached hydrogens (tertiary/aromatic N) is 1. The number of hydrogen-bond acceptors (Lipinski definition) is 3. The van der Waals surface area contributed by atoms with Gasteiger partial charge in [-0.1, -0.05) is 20.8 Å². The second-order valence-corrected chi connectivity index (χ2v) is 8.77. The molecule has 0 amide bonds. The van der Waals surface area contributed by atoms with Crippen LogP contribution in [0.25, 0.3) is 0 Å². The summed E-state index contributed by atoms with van der Waals surface area (Å²) >= 11 is 1.89. The highest BCUT2D eigenvalue weighted by molar-refractivity contribution is 7.11. The first-order valence-electron chi connectivity index (χ1n) is 7.91. The number of thiazole rings is 1. The van der Waals surface area contributed by atoms with Crippen LogP contribution in [0.4, 0.5) is 0 Å². The average Bonchev–Trinajstić information content (AvgIpc) is 2.67. The van der Waals surface area contributed by atoms with Gasteiger partial charge in [-0.25, -0.2) is 4.98 Å². The SMILES string of the molecule is CNC1CCC(C(C)(C)C)CC1Cc1nc(C)c(C)s1. The Kier molecular flexibility index (Phi) is 4.91. The third kappa shape index (κ3) is 3.62. The lowest BCUT2D eigenvalue weighted by Crippen LogP contribution is -2.42. The van der Waals surface area contributed by atoms with Crippen molar-refractivity contribution in [3.8, 4) is 0 Å². The Bertz CT molecular complexity index is 425. The topological polar surface area (TPSA) is 24.9 Å². The van der Waals surface area contributed by atoms with Crippen molar-refractivity contribution in [3.05, 3.63) is 15.6 Å². The third-order valence-corrected chi connectivity index (χ3v) is 6.18. The van der Waals surface area contributed by atoms with Crippen molar-refractivity contribution in [3.63, 3.8) is 0 Å². The highest BCUT2D eigenvalue weighted by atomic mass is 32.1. The summed E-state index contributed by atoms with van der Waals surface area (Å²) in [6.45, 7) is 11.5. The Hall–Kier alpha value is -0.410. The fourth-order valence-electron chi connectivity index (χ4n) is 3.51. The van der Waals surface area contributed by atoms with Crippen LogP contribution in [0.2, 0.25) is 0 Å². The van der Waals surface area contributed by atoms with Crippen LogP contribution in [-0.4, -0.2) is 18.1 Å². The Morgan fingerprint density at radius 2 is 1.95 bits per heavy atom. The Morgan fingerprint density at radius 3 is 2.45 bits per heavy atom. The van der Waals surface area contributed by atoms with Gasteiger partial charge in [-0.2, -0.15) is 0 Å². The second kappa shape index (κ2) is 6.15. The van der Waals surface area contributed by atoms with Crippen molar-refractivity contribution < 1.29 is 0 Å². The van der Waals surface area contributed by atoms with Crippen LogP contribution in [0.15, 0.2) is 0 Å². The molecule has 1 N–H and O–H groups in total. The molecule has 3 heteroatoms. The summed E-state index contributed by atoms with van der Waals surface area (Å²) < 4.78 is 0. The third-order valence-electron chi connectivity index (χ3n) is 5.09. The molecule has 1 aromatic heterocycles. The number of nitrogens with one attached hydrogen (secondary N) is 1. The Balaban J connectivity index is 2.09. The maximum atomic E-state index is 4.75. The lowest BCUT2D eigenvalue weighted by molar-refractivity contribution is 0.116. The summed E-state index contributed by atoms with van der Waals surface area (Å²) in [4.78, 5) is 6.13. The highest BCUT2D eigenvalue weighted by Crippen LogP contribution is 2.41. The maximum absolute atomic E-state index is 4.75. The van der Waals surface area contributed by atoms with Gasteiger partial charge in [0.25, 0.3) is 0 Å². The molecule has 3 unspecified atom stereocenters. The molecule has 114 valence electrons. The minimum Gasteiger partial charge on any atom is -0.317 e. The van der Waals surface area contributed by atoms with Crippen LogP contribution in [-0.2, 0) is 6.42 Å². The maximum Gasteiger partial charge on any atom is 0.0934 e. The molecule has 0 saturated heterocycles. The zero-order valence-corrected chi connectivity index (χ0v) is 14.7. The molecule has 0 aliphatic heterocycles. The van der Waals surface area contributed by atoms with Gasteiger partial charge < -0.3 is 5.32 Å². The molecule has 1 heterocycles. The standard InChI is InChI=1S/C17H30N2S/c1-11-12(2)20-16(19-11)10-13-9-14(17(3,4)5)7-8-15(13)18-6/h13-15,18H,7-10H2,1-6H3. The van der Waals surface area contributed by atoms with E-state index in [0.717, 1.165) is 18.3 Å². The van der Waals surface area contributed by atoms with Crippen molar-refractivity contribution >= 4 is 11.3 Å². The van der Waals surface area contributed by atoms with Crippen LogP contribution >= 0.6 is 11.3 Å². The van der Waals surface area contributed by atoms with Gasteiger partial charge in [-0.05, 0) is 57.4 Å². The van der Waals surface area contributed by atoms with E-state index in [0.29, 0.717) is 11.5 Å². The van der Waals surface area contributed by atoms with E-state index in [-0.39, 0.29) is 0 Å². The van der Waals surface area contributed by atoms with E-state index < -0.39 is 0 Å². The molecule has 20 heavy (non-hydrogen) atoms. The number of aryl methyl sites for hydroxylation is 2. The van der Waals surface area contributed by atoms with E-state index in [9.17, 15) is 0 Å². The lowest BCUT2D eigenvalue weighted by Gasteiger charge is -2.41. The summed E-state index contributed by atoms with van der Waals surface area (Å²) in [6, 6.07) is 0.665. The Labute approximate surface area is 128 Å². The molecular weight excluding hydrogens is 264 g/mol. The van der Waals surface area contributed by atoms with Gasteiger partial charge in [-0.3, -0.25) is 0 Å². The van der Waals surface area contributed by atoms with E-state index in [1.165, 1.54) is 34.8 Å². The van der Waals surface area contributed by atoms with E-state index in [1.807, 2.05) is 11.3 Å². The van der Waals surface area contributed by atoms with Gasteiger partial charge in [0.2, 0.25) is 0 Å². The van der Waals surface area contributed by atoms with Crippen LogP contribution in [0.5, 0.6) is 0 Å². The van der Waals surface area contributed by atoms with Crippen LogP contribution in [0.1, 0.15) is 55.6 Å². The first-order chi connectivity index (χ1) is 9.31. The second-order valence-electron chi connectivity index (χ2n) is 7.48. The van der Waals surface area contributed by atoms with Crippen molar-refractivity contribution in [1.29, 1.82) is 0 Å². The van der Waals surface area contributed by atoms with Gasteiger partial charge >= 0.3 is 0 Å². The quantitative estimate of drug-likeness (QED) is 0.896. The van der Waals surface area contributed by atoms with Gasteiger partial charge in [-0.15, -0.1) is 11.3 Å². The van der Waals surface area contributed by atoms with Crippen LogP contribution < -0.4 is 5.32 Å². The molecule has 1 aliphatic rings. The summed E-state index contributed by atoms with van der Waals surface area (Å²) in [5.74, 6) is 1.59. The molecule has 1 saturated carbocycles. The molecule has 0 spiro atoms. The fraction of sp³-hybridized carbons (Fsp3) is 0.824. The first kappa shape index (κ1) is 16.0. The number of rotatable bonds is 3. The summed E-state index contributed by atoms with van der Waals surface area (Å²) in [5.41, 5.74) is 1.65. The lowest BCUT2D eigenvalue weighted by atomic mass is 9.67. The number of hydrogen-bond donors (Lipinski definition) is 1. The molecule has 1 fully saturated rings.